The third kappa shape index (κ3) is 6.04. The molecule has 8 heteroatoms. The van der Waals surface area contributed by atoms with Gasteiger partial charge in [-0.25, -0.2) is 8.78 Å². The summed E-state index contributed by atoms with van der Waals surface area (Å²) in [5.41, 5.74) is 4.93. The largest absolute Gasteiger partial charge is 0.350 e. The average Bonchev–Trinajstić information content (AvgIpc) is 2.51. The molecule has 1 saturated heterocycles. The lowest BCUT2D eigenvalue weighted by molar-refractivity contribution is -0.139. The number of halogens is 3. The first-order valence-corrected chi connectivity index (χ1v) is 7.45. The number of rotatable bonds is 6. The molecule has 5 nitrogen and oxygen atoms in total. The van der Waals surface area contributed by atoms with Crippen LogP contribution in [0.3, 0.4) is 0 Å². The molecule has 0 bridgehead atoms. The SMILES string of the molecule is CCC(C)C(=O)N1CCCC(C(=O)NCC(F)(F)CN)C1.Cl. The third-order valence-corrected chi connectivity index (χ3v) is 3.96. The molecule has 2 amide bonds. The van der Waals surface area contributed by atoms with Crippen molar-refractivity contribution in [3.05, 3.63) is 0 Å². The minimum Gasteiger partial charge on any atom is -0.350 e. The summed E-state index contributed by atoms with van der Waals surface area (Å²) in [5.74, 6) is -3.97. The van der Waals surface area contributed by atoms with Gasteiger partial charge >= 0.3 is 0 Å². The molecule has 0 aromatic rings. The molecule has 0 saturated carbocycles. The number of hydrogen-bond acceptors (Lipinski definition) is 3. The number of carbonyl (C=O) groups is 2. The summed E-state index contributed by atoms with van der Waals surface area (Å²) in [4.78, 5) is 25.7. The van der Waals surface area contributed by atoms with Crippen LogP contribution in [-0.2, 0) is 9.59 Å². The Morgan fingerprint density at radius 1 is 1.45 bits per heavy atom. The molecule has 1 fully saturated rings. The maximum atomic E-state index is 13.0. The maximum absolute atomic E-state index is 13.0. The van der Waals surface area contributed by atoms with E-state index in [2.05, 4.69) is 5.32 Å². The highest BCUT2D eigenvalue weighted by molar-refractivity contribution is 5.85. The van der Waals surface area contributed by atoms with Crippen LogP contribution in [0.5, 0.6) is 0 Å². The van der Waals surface area contributed by atoms with Gasteiger partial charge in [0.25, 0.3) is 5.92 Å². The summed E-state index contributed by atoms with van der Waals surface area (Å²) in [6.45, 7) is 3.18. The number of nitrogens with one attached hydrogen (secondary N) is 1. The first-order chi connectivity index (χ1) is 9.80. The lowest BCUT2D eigenvalue weighted by Gasteiger charge is -2.33. The maximum Gasteiger partial charge on any atom is 0.277 e. The van der Waals surface area contributed by atoms with Crippen LogP contribution in [0, 0.1) is 11.8 Å². The van der Waals surface area contributed by atoms with E-state index in [-0.39, 0.29) is 24.2 Å². The van der Waals surface area contributed by atoms with E-state index in [1.54, 1.807) is 4.90 Å². The van der Waals surface area contributed by atoms with E-state index in [1.165, 1.54) is 0 Å². The number of carbonyl (C=O) groups excluding carboxylic acids is 2. The van der Waals surface area contributed by atoms with Gasteiger partial charge in [0.1, 0.15) is 0 Å². The second-order valence-corrected chi connectivity index (χ2v) is 5.71. The standard InChI is InChI=1S/C14H25F2N3O2.ClH/c1-3-10(2)13(21)19-6-4-5-11(7-19)12(20)18-9-14(15,16)8-17;/h10-11H,3-9,17H2,1-2H3,(H,18,20);1H. The molecule has 3 N–H and O–H groups in total. The zero-order valence-corrected chi connectivity index (χ0v) is 13.9. The smallest absolute Gasteiger partial charge is 0.277 e. The number of nitrogens with two attached hydrogens (primary N) is 1. The second kappa shape index (κ2) is 9.25. The van der Waals surface area contributed by atoms with Crippen molar-refractivity contribution in [2.24, 2.45) is 17.6 Å². The lowest BCUT2D eigenvalue weighted by atomic mass is 9.95. The summed E-state index contributed by atoms with van der Waals surface area (Å²) in [7, 11) is 0. The Labute approximate surface area is 136 Å². The minimum absolute atomic E-state index is 0. The van der Waals surface area contributed by atoms with Crippen molar-refractivity contribution in [1.82, 2.24) is 10.2 Å². The first-order valence-electron chi connectivity index (χ1n) is 7.45. The van der Waals surface area contributed by atoms with Gasteiger partial charge in [-0.05, 0) is 19.3 Å². The van der Waals surface area contributed by atoms with Crippen LogP contribution in [0.15, 0.2) is 0 Å². The van der Waals surface area contributed by atoms with Gasteiger partial charge in [0.05, 0.1) is 19.0 Å². The van der Waals surface area contributed by atoms with Crippen LogP contribution in [0.2, 0.25) is 0 Å². The number of piperidine rings is 1. The molecule has 1 heterocycles. The topological polar surface area (TPSA) is 75.4 Å². The quantitative estimate of drug-likeness (QED) is 0.767. The molecular formula is C14H26ClF2N3O2. The van der Waals surface area contributed by atoms with Crippen molar-refractivity contribution in [2.75, 3.05) is 26.2 Å². The van der Waals surface area contributed by atoms with E-state index >= 15 is 0 Å². The van der Waals surface area contributed by atoms with E-state index in [0.717, 1.165) is 6.42 Å². The van der Waals surface area contributed by atoms with Crippen LogP contribution in [-0.4, -0.2) is 48.8 Å². The van der Waals surface area contributed by atoms with Gasteiger partial charge in [-0.15, -0.1) is 12.4 Å². The number of nitrogens with zero attached hydrogens (tertiary/aromatic N) is 1. The fourth-order valence-corrected chi connectivity index (χ4v) is 2.31. The molecule has 0 radical (unpaired) electrons. The molecule has 2 unspecified atom stereocenters. The Bertz CT molecular complexity index is 383. The van der Waals surface area contributed by atoms with Crippen molar-refractivity contribution in [2.45, 2.75) is 39.0 Å². The van der Waals surface area contributed by atoms with Crippen molar-refractivity contribution in [3.63, 3.8) is 0 Å². The fraction of sp³-hybridized carbons (Fsp3) is 0.857. The van der Waals surface area contributed by atoms with Gasteiger partial charge in [-0.1, -0.05) is 13.8 Å². The molecule has 0 aromatic carbocycles. The van der Waals surface area contributed by atoms with Gasteiger partial charge in [0, 0.05) is 19.0 Å². The molecule has 0 spiro atoms. The summed E-state index contributed by atoms with van der Waals surface area (Å²) >= 11 is 0. The minimum atomic E-state index is -3.09. The lowest BCUT2D eigenvalue weighted by Crippen LogP contribution is -2.49. The highest BCUT2D eigenvalue weighted by Gasteiger charge is 2.32. The van der Waals surface area contributed by atoms with Crippen LogP contribution in [0.1, 0.15) is 33.1 Å². The highest BCUT2D eigenvalue weighted by Crippen LogP contribution is 2.20. The number of hydrogen-bond donors (Lipinski definition) is 2. The second-order valence-electron chi connectivity index (χ2n) is 5.71. The number of likely N-dealkylation sites (tertiary alicyclic amines) is 1. The molecular weight excluding hydrogens is 316 g/mol. The Hall–Kier alpha value is -0.950. The van der Waals surface area contributed by atoms with E-state index in [9.17, 15) is 18.4 Å². The van der Waals surface area contributed by atoms with Crippen LogP contribution >= 0.6 is 12.4 Å². The summed E-state index contributed by atoms with van der Waals surface area (Å²) in [6, 6.07) is 0. The molecule has 1 aliphatic rings. The monoisotopic (exact) mass is 341 g/mol. The number of amides is 2. The van der Waals surface area contributed by atoms with Crippen molar-refractivity contribution < 1.29 is 18.4 Å². The summed E-state index contributed by atoms with van der Waals surface area (Å²) in [5, 5.41) is 2.24. The predicted octanol–water partition coefficient (Wildman–Crippen LogP) is 1.40. The predicted molar refractivity (Wildman–Crippen MR) is 83.0 cm³/mol. The molecule has 2 atom stereocenters. The van der Waals surface area contributed by atoms with E-state index in [0.29, 0.717) is 25.9 Å². The van der Waals surface area contributed by atoms with Crippen molar-refractivity contribution in [3.8, 4) is 0 Å². The van der Waals surface area contributed by atoms with Crippen molar-refractivity contribution in [1.29, 1.82) is 0 Å². The van der Waals surface area contributed by atoms with Crippen LogP contribution in [0.25, 0.3) is 0 Å². The van der Waals surface area contributed by atoms with Gasteiger partial charge in [-0.3, -0.25) is 9.59 Å². The van der Waals surface area contributed by atoms with E-state index < -0.39 is 30.8 Å². The first kappa shape index (κ1) is 21.0. The molecule has 22 heavy (non-hydrogen) atoms. The molecule has 0 aromatic heterocycles. The third-order valence-electron chi connectivity index (χ3n) is 3.96. The fourth-order valence-electron chi connectivity index (χ4n) is 2.31. The van der Waals surface area contributed by atoms with Gasteiger partial charge in [0.15, 0.2) is 0 Å². The Morgan fingerprint density at radius 2 is 2.09 bits per heavy atom. The van der Waals surface area contributed by atoms with Gasteiger partial charge < -0.3 is 16.0 Å². The van der Waals surface area contributed by atoms with E-state index in [1.807, 2.05) is 13.8 Å². The van der Waals surface area contributed by atoms with Gasteiger partial charge in [-0.2, -0.15) is 0 Å². The summed E-state index contributed by atoms with van der Waals surface area (Å²) in [6.07, 6.45) is 2.08. The highest BCUT2D eigenvalue weighted by atomic mass is 35.5. The van der Waals surface area contributed by atoms with E-state index in [4.69, 9.17) is 5.73 Å². The van der Waals surface area contributed by atoms with Crippen molar-refractivity contribution >= 4 is 24.2 Å². The molecule has 1 rings (SSSR count). The Morgan fingerprint density at radius 3 is 2.64 bits per heavy atom. The average molecular weight is 342 g/mol. The van der Waals surface area contributed by atoms with Crippen LogP contribution < -0.4 is 11.1 Å². The molecule has 0 aliphatic carbocycles. The Kier molecular flexibility index (Phi) is 8.85. The zero-order chi connectivity index (χ0) is 16.0. The normalized spacial score (nSPS) is 20.0. The van der Waals surface area contributed by atoms with Crippen LogP contribution in [0.4, 0.5) is 8.78 Å². The molecule has 130 valence electrons. The van der Waals surface area contributed by atoms with Gasteiger partial charge in [0.2, 0.25) is 11.8 Å². The Balaban J connectivity index is 0.00000441. The molecule has 1 aliphatic heterocycles. The zero-order valence-electron chi connectivity index (χ0n) is 13.1. The summed E-state index contributed by atoms with van der Waals surface area (Å²) < 4.78 is 26.1. The number of alkyl halides is 2.